The lowest BCUT2D eigenvalue weighted by Crippen LogP contribution is -1.93. The normalized spacial score (nSPS) is 10.6. The number of hydrogen-bond acceptors (Lipinski definition) is 2. The monoisotopic (exact) mass is 262 g/mol. The average Bonchev–Trinajstić information content (AvgIpc) is 2.78. The second kappa shape index (κ2) is 5.44. The van der Waals surface area contributed by atoms with Crippen LogP contribution in [0.4, 0.5) is 4.39 Å². The van der Waals surface area contributed by atoms with E-state index < -0.39 is 0 Å². The first-order valence-corrected chi connectivity index (χ1v) is 6.83. The van der Waals surface area contributed by atoms with Crippen LogP contribution in [0.1, 0.15) is 35.0 Å². The molecule has 1 nitrogen and oxygen atoms in total. The van der Waals surface area contributed by atoms with Gasteiger partial charge in [-0.05, 0) is 37.1 Å². The Balaban J connectivity index is 2.38. The molecule has 0 aliphatic carbocycles. The van der Waals surface area contributed by atoms with Crippen LogP contribution < -0.4 is 0 Å². The van der Waals surface area contributed by atoms with Gasteiger partial charge in [0.05, 0.1) is 4.88 Å². The number of ketones is 1. The molecule has 1 aromatic carbocycles. The van der Waals surface area contributed by atoms with E-state index in [0.29, 0.717) is 12.0 Å². The molecule has 0 aliphatic rings. The smallest absolute Gasteiger partial charge is 0.172 e. The van der Waals surface area contributed by atoms with Gasteiger partial charge in [0.15, 0.2) is 5.78 Å². The molecule has 0 radical (unpaired) electrons. The Bertz CT molecular complexity index is 551. The summed E-state index contributed by atoms with van der Waals surface area (Å²) in [6, 6.07) is 8.66. The molecule has 1 heterocycles. The summed E-state index contributed by atoms with van der Waals surface area (Å²) < 4.78 is 13.8. The first-order chi connectivity index (χ1) is 8.63. The topological polar surface area (TPSA) is 17.1 Å². The number of Topliss-reactive ketones (excluding diaryl/α,β-unsaturated/α-hetero) is 1. The maximum absolute atomic E-state index is 13.8. The highest BCUT2D eigenvalue weighted by Gasteiger charge is 2.13. The van der Waals surface area contributed by atoms with E-state index in [9.17, 15) is 9.18 Å². The summed E-state index contributed by atoms with van der Waals surface area (Å²) >= 11 is 1.37. The summed E-state index contributed by atoms with van der Waals surface area (Å²) in [4.78, 5) is 13.3. The maximum atomic E-state index is 13.8. The molecule has 0 unspecified atom stereocenters. The van der Waals surface area contributed by atoms with Crippen molar-refractivity contribution in [1.82, 2.24) is 0 Å². The van der Waals surface area contributed by atoms with Crippen molar-refractivity contribution in [2.75, 3.05) is 0 Å². The summed E-state index contributed by atoms with van der Waals surface area (Å²) in [5.41, 5.74) is 1.50. The second-order valence-electron chi connectivity index (χ2n) is 4.27. The van der Waals surface area contributed by atoms with Gasteiger partial charge in [-0.2, -0.15) is 0 Å². The number of carbonyl (C=O) groups is 1. The van der Waals surface area contributed by atoms with Crippen molar-refractivity contribution in [2.45, 2.75) is 26.7 Å². The van der Waals surface area contributed by atoms with Gasteiger partial charge in [-0.1, -0.05) is 19.1 Å². The fourth-order valence-corrected chi connectivity index (χ4v) is 3.00. The number of thiophene rings is 1. The van der Waals surface area contributed by atoms with Crippen molar-refractivity contribution in [1.29, 1.82) is 0 Å². The summed E-state index contributed by atoms with van der Waals surface area (Å²) in [6.45, 7) is 3.86. The van der Waals surface area contributed by atoms with Gasteiger partial charge >= 0.3 is 0 Å². The lowest BCUT2D eigenvalue weighted by Gasteiger charge is -2.03. The van der Waals surface area contributed by atoms with Crippen LogP contribution in [0.2, 0.25) is 0 Å². The van der Waals surface area contributed by atoms with Crippen LogP contribution in [0.3, 0.4) is 0 Å². The van der Waals surface area contributed by atoms with Crippen LogP contribution in [0.25, 0.3) is 10.4 Å². The molecular formula is C15H15FOS. The number of rotatable bonds is 4. The number of carbonyl (C=O) groups excluding carboxylic acids is 1. The minimum Gasteiger partial charge on any atom is -0.293 e. The van der Waals surface area contributed by atoms with Gasteiger partial charge in [0.1, 0.15) is 5.82 Å². The Morgan fingerprint density at radius 1 is 1.28 bits per heavy atom. The van der Waals surface area contributed by atoms with E-state index in [1.165, 1.54) is 17.4 Å². The SMILES string of the molecule is CCCC(=O)c1ccc(-c2c(C)cccc2F)s1. The van der Waals surface area contributed by atoms with Crippen molar-refractivity contribution in [2.24, 2.45) is 0 Å². The predicted octanol–water partition coefficient (Wildman–Crippen LogP) is 4.85. The minimum atomic E-state index is -0.230. The van der Waals surface area contributed by atoms with Crippen molar-refractivity contribution in [3.63, 3.8) is 0 Å². The van der Waals surface area contributed by atoms with E-state index in [0.717, 1.165) is 21.7 Å². The average molecular weight is 262 g/mol. The van der Waals surface area contributed by atoms with Gasteiger partial charge in [-0.25, -0.2) is 4.39 Å². The van der Waals surface area contributed by atoms with Crippen LogP contribution in [0.5, 0.6) is 0 Å². The standard InChI is InChI=1S/C15H15FOS/c1-3-5-12(17)13-8-9-14(18-13)15-10(2)6-4-7-11(15)16/h4,6-9H,3,5H2,1-2H3. The first kappa shape index (κ1) is 13.0. The van der Waals surface area contributed by atoms with E-state index in [1.807, 2.05) is 26.0 Å². The van der Waals surface area contributed by atoms with Crippen LogP contribution >= 0.6 is 11.3 Å². The van der Waals surface area contributed by atoms with Gasteiger partial charge in [0, 0.05) is 16.9 Å². The van der Waals surface area contributed by atoms with Crippen LogP contribution in [0, 0.1) is 12.7 Å². The third kappa shape index (κ3) is 2.51. The number of aryl methyl sites for hydroxylation is 1. The lowest BCUT2D eigenvalue weighted by atomic mass is 10.1. The molecule has 0 atom stereocenters. The molecule has 0 fully saturated rings. The molecule has 2 rings (SSSR count). The number of halogens is 1. The Kier molecular flexibility index (Phi) is 3.92. The maximum Gasteiger partial charge on any atom is 0.172 e. The lowest BCUT2D eigenvalue weighted by molar-refractivity contribution is 0.0985. The zero-order chi connectivity index (χ0) is 13.1. The van der Waals surface area contributed by atoms with Crippen molar-refractivity contribution < 1.29 is 9.18 Å². The third-order valence-electron chi connectivity index (χ3n) is 2.83. The third-order valence-corrected chi connectivity index (χ3v) is 3.97. The molecule has 0 bridgehead atoms. The molecule has 0 spiro atoms. The summed E-state index contributed by atoms with van der Waals surface area (Å²) in [5.74, 6) is -0.0888. The van der Waals surface area contributed by atoms with Gasteiger partial charge in [0.2, 0.25) is 0 Å². The Labute approximate surface area is 110 Å². The largest absolute Gasteiger partial charge is 0.293 e. The van der Waals surface area contributed by atoms with Gasteiger partial charge < -0.3 is 0 Å². The zero-order valence-electron chi connectivity index (χ0n) is 10.5. The van der Waals surface area contributed by atoms with Crippen molar-refractivity contribution in [3.05, 3.63) is 46.6 Å². The molecule has 0 N–H and O–H groups in total. The summed E-state index contributed by atoms with van der Waals surface area (Å²) in [6.07, 6.45) is 1.39. The number of hydrogen-bond donors (Lipinski definition) is 0. The van der Waals surface area contributed by atoms with Crippen LogP contribution in [0.15, 0.2) is 30.3 Å². The van der Waals surface area contributed by atoms with Crippen molar-refractivity contribution >= 4 is 17.1 Å². The molecule has 0 saturated heterocycles. The van der Waals surface area contributed by atoms with E-state index in [1.54, 1.807) is 12.1 Å². The Morgan fingerprint density at radius 3 is 2.72 bits per heavy atom. The highest BCUT2D eigenvalue weighted by Crippen LogP contribution is 2.33. The molecule has 0 amide bonds. The quantitative estimate of drug-likeness (QED) is 0.720. The fourth-order valence-electron chi connectivity index (χ4n) is 1.92. The highest BCUT2D eigenvalue weighted by molar-refractivity contribution is 7.17. The Morgan fingerprint density at radius 2 is 2.06 bits per heavy atom. The molecule has 1 aromatic heterocycles. The first-order valence-electron chi connectivity index (χ1n) is 6.02. The molecule has 3 heteroatoms. The number of benzene rings is 1. The molecule has 2 aromatic rings. The molecule has 18 heavy (non-hydrogen) atoms. The van der Waals surface area contributed by atoms with Crippen LogP contribution in [-0.4, -0.2) is 5.78 Å². The predicted molar refractivity (Wildman–Crippen MR) is 73.7 cm³/mol. The highest BCUT2D eigenvalue weighted by atomic mass is 32.1. The molecular weight excluding hydrogens is 247 g/mol. The summed E-state index contributed by atoms with van der Waals surface area (Å²) in [7, 11) is 0. The van der Waals surface area contributed by atoms with Crippen molar-refractivity contribution in [3.8, 4) is 10.4 Å². The summed E-state index contributed by atoms with van der Waals surface area (Å²) in [5, 5.41) is 0. The Hall–Kier alpha value is -1.48. The van der Waals surface area contributed by atoms with Gasteiger partial charge in [-0.3, -0.25) is 4.79 Å². The van der Waals surface area contributed by atoms with E-state index >= 15 is 0 Å². The van der Waals surface area contributed by atoms with Gasteiger partial charge in [-0.15, -0.1) is 11.3 Å². The fraction of sp³-hybridized carbons (Fsp3) is 0.267. The van der Waals surface area contributed by atoms with E-state index in [-0.39, 0.29) is 11.6 Å². The van der Waals surface area contributed by atoms with Crippen LogP contribution in [-0.2, 0) is 0 Å². The molecule has 94 valence electrons. The van der Waals surface area contributed by atoms with Gasteiger partial charge in [0.25, 0.3) is 0 Å². The molecule has 0 aliphatic heterocycles. The zero-order valence-corrected chi connectivity index (χ0v) is 11.3. The van der Waals surface area contributed by atoms with E-state index in [4.69, 9.17) is 0 Å². The minimum absolute atomic E-state index is 0.141. The second-order valence-corrected chi connectivity index (χ2v) is 5.35. The van der Waals surface area contributed by atoms with E-state index in [2.05, 4.69) is 0 Å². The molecule has 0 saturated carbocycles.